The van der Waals surface area contributed by atoms with Gasteiger partial charge in [0.2, 0.25) is 0 Å². The van der Waals surface area contributed by atoms with Gasteiger partial charge in [0, 0.05) is 12.1 Å². The van der Waals surface area contributed by atoms with Crippen LogP contribution in [-0.2, 0) is 6.42 Å². The molecule has 2 atom stereocenters. The zero-order valence-corrected chi connectivity index (χ0v) is 10.8. The van der Waals surface area contributed by atoms with E-state index in [1.807, 2.05) is 12.2 Å². The van der Waals surface area contributed by atoms with Crippen molar-refractivity contribution in [3.8, 4) is 0 Å². The lowest BCUT2D eigenvalue weighted by molar-refractivity contribution is -0.00000345. The van der Waals surface area contributed by atoms with E-state index in [-0.39, 0.29) is 12.4 Å². The normalized spacial score (nSPS) is 22.1. The summed E-state index contributed by atoms with van der Waals surface area (Å²) in [6.07, 6.45) is 7.11. The third-order valence-electron chi connectivity index (χ3n) is 3.19. The number of nitrogens with one attached hydrogen (secondary N) is 1. The second kappa shape index (κ2) is 6.63. The molecule has 1 aromatic rings. The Labute approximate surface area is 110 Å². The third kappa shape index (κ3) is 3.21. The molecule has 0 saturated carbocycles. The summed E-state index contributed by atoms with van der Waals surface area (Å²) in [7, 11) is 0. The minimum Gasteiger partial charge on any atom is -1.00 e. The van der Waals surface area contributed by atoms with Crippen molar-refractivity contribution in [2.45, 2.75) is 31.3 Å². The monoisotopic (exact) mass is 248 g/mol. The summed E-state index contributed by atoms with van der Waals surface area (Å²) in [5.41, 5.74) is 2.91. The smallest absolute Gasteiger partial charge is 0.0360 e. The van der Waals surface area contributed by atoms with Crippen LogP contribution in [0.2, 0.25) is 0 Å². The van der Waals surface area contributed by atoms with Crippen molar-refractivity contribution in [2.75, 3.05) is 0 Å². The van der Waals surface area contributed by atoms with Crippen molar-refractivity contribution in [1.82, 2.24) is 5.32 Å². The van der Waals surface area contributed by atoms with Gasteiger partial charge in [-0.05, 0) is 30.4 Å². The lowest BCUT2D eigenvalue weighted by Gasteiger charge is -2.32. The van der Waals surface area contributed by atoms with Gasteiger partial charge < -0.3 is 17.7 Å². The lowest BCUT2D eigenvalue weighted by atomic mass is 9.88. The van der Waals surface area contributed by atoms with Gasteiger partial charge in [-0.1, -0.05) is 36.4 Å². The molecule has 1 aromatic carbocycles. The van der Waals surface area contributed by atoms with Crippen LogP contribution in [0.15, 0.2) is 49.6 Å². The Hall–Kier alpha value is -1.05. The summed E-state index contributed by atoms with van der Waals surface area (Å²) >= 11 is 0. The van der Waals surface area contributed by atoms with Crippen LogP contribution in [0.5, 0.6) is 0 Å². The first-order valence-electron chi connectivity index (χ1n) is 5.90. The van der Waals surface area contributed by atoms with E-state index in [0.717, 1.165) is 19.3 Å². The number of fused-ring (bicyclic) bond motifs is 1. The quantitative estimate of drug-likeness (QED) is 0.761. The Bertz CT molecular complexity index is 386. The van der Waals surface area contributed by atoms with Gasteiger partial charge in [0.05, 0.1) is 0 Å². The van der Waals surface area contributed by atoms with Crippen LogP contribution in [0.25, 0.3) is 0 Å². The standard InChI is InChI=1S/C15H19N.ClH/c1-3-7-13-11-12-9-5-6-10-14(12)15(16-13)8-4-2;/h3-6,9-10,13,15-16H,1-2,7-8,11H2;1H/p-1. The predicted molar refractivity (Wildman–Crippen MR) is 69.4 cm³/mol. The van der Waals surface area contributed by atoms with Crippen molar-refractivity contribution >= 4 is 0 Å². The van der Waals surface area contributed by atoms with Crippen LogP contribution in [-0.4, -0.2) is 6.04 Å². The lowest BCUT2D eigenvalue weighted by Crippen LogP contribution is -3.00. The first-order valence-corrected chi connectivity index (χ1v) is 5.90. The van der Waals surface area contributed by atoms with Gasteiger partial charge in [-0.2, -0.15) is 0 Å². The van der Waals surface area contributed by atoms with E-state index < -0.39 is 0 Å². The van der Waals surface area contributed by atoms with Crippen molar-refractivity contribution in [3.63, 3.8) is 0 Å². The van der Waals surface area contributed by atoms with E-state index in [0.29, 0.717) is 12.1 Å². The zero-order valence-electron chi connectivity index (χ0n) is 10.0. The number of halogens is 1. The summed E-state index contributed by atoms with van der Waals surface area (Å²) in [4.78, 5) is 0. The highest BCUT2D eigenvalue weighted by molar-refractivity contribution is 5.33. The van der Waals surface area contributed by atoms with Gasteiger partial charge in [-0.3, -0.25) is 0 Å². The van der Waals surface area contributed by atoms with Crippen LogP contribution >= 0.6 is 0 Å². The first kappa shape index (κ1) is 14.0. The molecule has 0 fully saturated rings. The molecule has 0 saturated heterocycles. The van der Waals surface area contributed by atoms with Crippen LogP contribution in [0.3, 0.4) is 0 Å². The minimum absolute atomic E-state index is 0. The minimum atomic E-state index is 0. The highest BCUT2D eigenvalue weighted by Crippen LogP contribution is 2.28. The van der Waals surface area contributed by atoms with E-state index in [9.17, 15) is 0 Å². The molecule has 0 amide bonds. The first-order chi connectivity index (χ1) is 7.85. The molecular formula is C15H19ClN-. The van der Waals surface area contributed by atoms with Gasteiger partial charge in [0.15, 0.2) is 0 Å². The van der Waals surface area contributed by atoms with E-state index in [2.05, 4.69) is 42.7 Å². The van der Waals surface area contributed by atoms with E-state index in [4.69, 9.17) is 0 Å². The molecule has 1 N–H and O–H groups in total. The molecule has 1 aliphatic rings. The molecule has 1 aliphatic heterocycles. The van der Waals surface area contributed by atoms with Crippen LogP contribution in [0.4, 0.5) is 0 Å². The Morgan fingerprint density at radius 3 is 2.59 bits per heavy atom. The second-order valence-corrected chi connectivity index (χ2v) is 4.37. The summed E-state index contributed by atoms with van der Waals surface area (Å²) in [5, 5.41) is 3.67. The fourth-order valence-corrected chi connectivity index (χ4v) is 2.47. The van der Waals surface area contributed by atoms with Crippen molar-refractivity contribution < 1.29 is 12.4 Å². The Kier molecular flexibility index (Phi) is 5.46. The number of rotatable bonds is 4. The van der Waals surface area contributed by atoms with Gasteiger partial charge in [0.25, 0.3) is 0 Å². The molecule has 92 valence electrons. The molecule has 17 heavy (non-hydrogen) atoms. The molecule has 0 radical (unpaired) electrons. The number of benzene rings is 1. The van der Waals surface area contributed by atoms with E-state index >= 15 is 0 Å². The summed E-state index contributed by atoms with van der Waals surface area (Å²) < 4.78 is 0. The molecule has 0 bridgehead atoms. The van der Waals surface area contributed by atoms with Crippen molar-refractivity contribution in [1.29, 1.82) is 0 Å². The fourth-order valence-electron chi connectivity index (χ4n) is 2.47. The SMILES string of the molecule is C=CCC1Cc2ccccc2C(CC=C)N1.[Cl-]. The Balaban J connectivity index is 0.00000144. The van der Waals surface area contributed by atoms with Gasteiger partial charge in [-0.15, -0.1) is 13.2 Å². The van der Waals surface area contributed by atoms with Gasteiger partial charge in [-0.25, -0.2) is 0 Å². The zero-order chi connectivity index (χ0) is 11.4. The fraction of sp³-hybridized carbons (Fsp3) is 0.333. The summed E-state index contributed by atoms with van der Waals surface area (Å²) in [6.45, 7) is 7.66. The van der Waals surface area contributed by atoms with Crippen molar-refractivity contribution in [3.05, 3.63) is 60.7 Å². The summed E-state index contributed by atoms with van der Waals surface area (Å²) in [6, 6.07) is 9.65. The van der Waals surface area contributed by atoms with E-state index in [1.165, 1.54) is 11.1 Å². The molecule has 2 unspecified atom stereocenters. The average Bonchev–Trinajstić information content (AvgIpc) is 2.30. The summed E-state index contributed by atoms with van der Waals surface area (Å²) in [5.74, 6) is 0. The maximum absolute atomic E-state index is 3.84. The highest BCUT2D eigenvalue weighted by Gasteiger charge is 2.23. The molecule has 1 heterocycles. The molecular weight excluding hydrogens is 230 g/mol. The highest BCUT2D eigenvalue weighted by atomic mass is 35.5. The third-order valence-corrected chi connectivity index (χ3v) is 3.19. The van der Waals surface area contributed by atoms with E-state index in [1.54, 1.807) is 0 Å². The molecule has 2 rings (SSSR count). The molecule has 0 aromatic heterocycles. The number of hydrogen-bond acceptors (Lipinski definition) is 1. The van der Waals surface area contributed by atoms with Crippen LogP contribution in [0, 0.1) is 0 Å². The largest absolute Gasteiger partial charge is 1.00 e. The molecule has 0 spiro atoms. The molecule has 0 aliphatic carbocycles. The molecule has 2 heteroatoms. The van der Waals surface area contributed by atoms with Crippen LogP contribution in [0.1, 0.15) is 30.0 Å². The average molecular weight is 249 g/mol. The maximum atomic E-state index is 3.84. The van der Waals surface area contributed by atoms with Gasteiger partial charge >= 0.3 is 0 Å². The maximum Gasteiger partial charge on any atom is 0.0360 e. The Morgan fingerprint density at radius 1 is 1.18 bits per heavy atom. The second-order valence-electron chi connectivity index (χ2n) is 4.37. The number of hydrogen-bond donors (Lipinski definition) is 1. The van der Waals surface area contributed by atoms with Crippen molar-refractivity contribution in [2.24, 2.45) is 0 Å². The molecule has 1 nitrogen and oxygen atoms in total. The predicted octanol–water partition coefficient (Wildman–Crippen LogP) is 0.398. The van der Waals surface area contributed by atoms with Crippen LogP contribution < -0.4 is 17.7 Å². The Morgan fingerprint density at radius 2 is 1.88 bits per heavy atom. The topological polar surface area (TPSA) is 12.0 Å². The van der Waals surface area contributed by atoms with Gasteiger partial charge in [0.1, 0.15) is 0 Å².